The van der Waals surface area contributed by atoms with Gasteiger partial charge in [0.1, 0.15) is 0 Å². The SMILES string of the molecule is COCCCNc1nc2c(c(=O)[nH]c(=O)n2C)n1CC(=O)c1ccccc1. The molecule has 0 radical (unpaired) electrons. The van der Waals surface area contributed by atoms with Crippen LogP contribution in [-0.4, -0.2) is 45.1 Å². The predicted octanol–water partition coefficient (Wildman–Crippen LogP) is 0.755. The number of ether oxygens (including phenoxy) is 1. The van der Waals surface area contributed by atoms with Gasteiger partial charge >= 0.3 is 5.69 Å². The highest BCUT2D eigenvalue weighted by atomic mass is 16.5. The summed E-state index contributed by atoms with van der Waals surface area (Å²) in [7, 11) is 3.13. The minimum absolute atomic E-state index is 0.0750. The number of hydrogen-bond acceptors (Lipinski definition) is 6. The maximum absolute atomic E-state index is 12.7. The van der Waals surface area contributed by atoms with E-state index in [4.69, 9.17) is 4.74 Å². The molecule has 0 saturated heterocycles. The van der Waals surface area contributed by atoms with Crippen LogP contribution in [0.15, 0.2) is 39.9 Å². The van der Waals surface area contributed by atoms with Crippen LogP contribution in [0.1, 0.15) is 16.8 Å². The third kappa shape index (κ3) is 3.82. The zero-order chi connectivity index (χ0) is 19.4. The van der Waals surface area contributed by atoms with Gasteiger partial charge < -0.3 is 10.1 Å². The molecule has 2 aromatic heterocycles. The summed E-state index contributed by atoms with van der Waals surface area (Å²) >= 11 is 0. The average Bonchev–Trinajstić information content (AvgIpc) is 3.03. The number of aromatic amines is 1. The highest BCUT2D eigenvalue weighted by molar-refractivity contribution is 5.96. The minimum Gasteiger partial charge on any atom is -0.385 e. The summed E-state index contributed by atoms with van der Waals surface area (Å²) in [4.78, 5) is 43.6. The Labute approximate surface area is 154 Å². The number of Topliss-reactive ketones (excluding diaryl/α,β-unsaturated/α-hetero) is 1. The number of benzene rings is 1. The molecule has 0 aliphatic heterocycles. The lowest BCUT2D eigenvalue weighted by Crippen LogP contribution is -2.29. The number of aromatic nitrogens is 4. The summed E-state index contributed by atoms with van der Waals surface area (Å²) in [5.41, 5.74) is -0.204. The van der Waals surface area contributed by atoms with Gasteiger partial charge in [-0.2, -0.15) is 4.98 Å². The number of ketones is 1. The quantitative estimate of drug-likeness (QED) is 0.447. The van der Waals surface area contributed by atoms with E-state index in [1.165, 1.54) is 16.2 Å². The van der Waals surface area contributed by atoms with Gasteiger partial charge in [0.05, 0.1) is 6.54 Å². The number of rotatable bonds is 8. The molecule has 3 aromatic rings. The number of nitrogens with one attached hydrogen (secondary N) is 2. The Hall–Kier alpha value is -3.20. The molecule has 0 fully saturated rings. The Morgan fingerprint density at radius 2 is 2.00 bits per heavy atom. The predicted molar refractivity (Wildman–Crippen MR) is 101 cm³/mol. The largest absolute Gasteiger partial charge is 0.385 e. The summed E-state index contributed by atoms with van der Waals surface area (Å²) in [6.07, 6.45) is 0.724. The highest BCUT2D eigenvalue weighted by Gasteiger charge is 2.19. The van der Waals surface area contributed by atoms with Crippen LogP contribution < -0.4 is 16.6 Å². The monoisotopic (exact) mass is 371 g/mol. The van der Waals surface area contributed by atoms with Crippen molar-refractivity contribution in [2.45, 2.75) is 13.0 Å². The molecule has 0 amide bonds. The number of fused-ring (bicyclic) bond motifs is 1. The van der Waals surface area contributed by atoms with Gasteiger partial charge in [-0.05, 0) is 6.42 Å². The average molecular weight is 371 g/mol. The summed E-state index contributed by atoms with van der Waals surface area (Å²) in [6.45, 7) is 1.03. The van der Waals surface area contributed by atoms with E-state index in [2.05, 4.69) is 15.3 Å². The first-order valence-electron chi connectivity index (χ1n) is 8.53. The molecule has 2 heterocycles. The number of carbonyl (C=O) groups excluding carboxylic acids is 1. The van der Waals surface area contributed by atoms with Crippen molar-refractivity contribution < 1.29 is 9.53 Å². The molecule has 0 spiro atoms. The van der Waals surface area contributed by atoms with Gasteiger partial charge in [0.25, 0.3) is 5.56 Å². The van der Waals surface area contributed by atoms with Crippen LogP contribution in [0.25, 0.3) is 11.2 Å². The van der Waals surface area contributed by atoms with Crippen LogP contribution in [0.3, 0.4) is 0 Å². The van der Waals surface area contributed by atoms with Crippen molar-refractivity contribution in [3.8, 4) is 0 Å². The number of hydrogen-bond donors (Lipinski definition) is 2. The topological polar surface area (TPSA) is 111 Å². The van der Waals surface area contributed by atoms with Crippen molar-refractivity contribution in [1.29, 1.82) is 0 Å². The zero-order valence-corrected chi connectivity index (χ0v) is 15.2. The van der Waals surface area contributed by atoms with Crippen LogP contribution in [0.2, 0.25) is 0 Å². The molecule has 142 valence electrons. The van der Waals surface area contributed by atoms with Gasteiger partial charge in [-0.1, -0.05) is 30.3 Å². The molecule has 0 aliphatic rings. The van der Waals surface area contributed by atoms with Gasteiger partial charge in [-0.3, -0.25) is 23.7 Å². The van der Waals surface area contributed by atoms with Crippen molar-refractivity contribution >= 4 is 22.9 Å². The summed E-state index contributed by atoms with van der Waals surface area (Å²) < 4.78 is 7.78. The number of carbonyl (C=O) groups is 1. The number of imidazole rings is 1. The maximum Gasteiger partial charge on any atom is 0.329 e. The summed E-state index contributed by atoms with van der Waals surface area (Å²) in [5.74, 6) is 0.195. The van der Waals surface area contributed by atoms with Crippen LogP contribution in [-0.2, 0) is 18.3 Å². The lowest BCUT2D eigenvalue weighted by atomic mass is 10.1. The van der Waals surface area contributed by atoms with Gasteiger partial charge in [0, 0.05) is 32.9 Å². The second kappa shape index (κ2) is 8.00. The van der Waals surface area contributed by atoms with Crippen LogP contribution in [0.4, 0.5) is 5.95 Å². The fourth-order valence-electron chi connectivity index (χ4n) is 2.80. The zero-order valence-electron chi connectivity index (χ0n) is 15.2. The first kappa shape index (κ1) is 18.6. The molecule has 0 unspecified atom stereocenters. The van der Waals surface area contributed by atoms with E-state index in [0.29, 0.717) is 24.7 Å². The summed E-state index contributed by atoms with van der Waals surface area (Å²) in [6, 6.07) is 8.81. The van der Waals surface area contributed by atoms with Gasteiger partial charge in [-0.15, -0.1) is 0 Å². The first-order chi connectivity index (χ1) is 13.0. The smallest absolute Gasteiger partial charge is 0.329 e. The van der Waals surface area contributed by atoms with E-state index in [-0.39, 0.29) is 23.5 Å². The summed E-state index contributed by atoms with van der Waals surface area (Å²) in [5, 5.41) is 3.12. The number of anilines is 1. The van der Waals surface area contributed by atoms with E-state index in [1.54, 1.807) is 31.4 Å². The minimum atomic E-state index is -0.577. The Balaban J connectivity index is 2.04. The second-order valence-electron chi connectivity index (χ2n) is 6.07. The Bertz CT molecular complexity index is 1070. The second-order valence-corrected chi connectivity index (χ2v) is 6.07. The Morgan fingerprint density at radius 3 is 2.70 bits per heavy atom. The van der Waals surface area contributed by atoms with Crippen LogP contribution in [0.5, 0.6) is 0 Å². The third-order valence-corrected chi connectivity index (χ3v) is 4.21. The molecule has 9 nitrogen and oxygen atoms in total. The maximum atomic E-state index is 12.7. The molecular formula is C18H21N5O4. The lowest BCUT2D eigenvalue weighted by molar-refractivity contribution is 0.0974. The van der Waals surface area contributed by atoms with Gasteiger partial charge in [0.2, 0.25) is 5.95 Å². The lowest BCUT2D eigenvalue weighted by Gasteiger charge is -2.10. The van der Waals surface area contributed by atoms with Crippen molar-refractivity contribution in [2.75, 3.05) is 25.6 Å². The van der Waals surface area contributed by atoms with E-state index in [1.807, 2.05) is 6.07 Å². The molecule has 0 bridgehead atoms. The van der Waals surface area contributed by atoms with Crippen molar-refractivity contribution in [2.24, 2.45) is 7.05 Å². The van der Waals surface area contributed by atoms with Crippen LogP contribution in [0, 0.1) is 0 Å². The van der Waals surface area contributed by atoms with Crippen LogP contribution >= 0.6 is 0 Å². The number of H-pyrrole nitrogens is 1. The molecule has 3 rings (SSSR count). The molecule has 0 saturated carbocycles. The fourth-order valence-corrected chi connectivity index (χ4v) is 2.80. The Morgan fingerprint density at radius 1 is 1.26 bits per heavy atom. The normalized spacial score (nSPS) is 11.0. The first-order valence-corrected chi connectivity index (χ1v) is 8.53. The standard InChI is InChI=1S/C18H21N5O4/c1-22-15-14(16(25)21-18(22)26)23(17(20-15)19-9-6-10-27-2)11-13(24)12-7-4-3-5-8-12/h3-5,7-8H,6,9-11H2,1-2H3,(H,19,20)(H,21,25,26). The fraction of sp³-hybridized carbons (Fsp3) is 0.333. The third-order valence-electron chi connectivity index (χ3n) is 4.21. The molecule has 0 atom stereocenters. The molecule has 27 heavy (non-hydrogen) atoms. The molecule has 9 heteroatoms. The van der Waals surface area contributed by atoms with E-state index in [9.17, 15) is 14.4 Å². The van der Waals surface area contributed by atoms with Gasteiger partial charge in [-0.25, -0.2) is 4.79 Å². The van der Waals surface area contributed by atoms with E-state index >= 15 is 0 Å². The number of methoxy groups -OCH3 is 1. The van der Waals surface area contributed by atoms with Gasteiger partial charge in [0.15, 0.2) is 16.9 Å². The van der Waals surface area contributed by atoms with Crippen molar-refractivity contribution in [3.05, 3.63) is 56.7 Å². The van der Waals surface area contributed by atoms with E-state index < -0.39 is 11.2 Å². The number of nitrogens with zero attached hydrogens (tertiary/aromatic N) is 3. The van der Waals surface area contributed by atoms with Crippen molar-refractivity contribution in [1.82, 2.24) is 19.1 Å². The number of aryl methyl sites for hydroxylation is 1. The Kier molecular flexibility index (Phi) is 5.51. The van der Waals surface area contributed by atoms with Crippen molar-refractivity contribution in [3.63, 3.8) is 0 Å². The molecule has 2 N–H and O–H groups in total. The molecule has 1 aromatic carbocycles. The highest BCUT2D eigenvalue weighted by Crippen LogP contribution is 2.16. The molecule has 0 aliphatic carbocycles. The van der Waals surface area contributed by atoms with E-state index in [0.717, 1.165) is 6.42 Å². The molecular weight excluding hydrogens is 350 g/mol.